The summed E-state index contributed by atoms with van der Waals surface area (Å²) in [5.74, 6) is 0.656. The SMILES string of the molecule is CCOC(=O)CC1OB(O)c2cc(OC3CCCCO3)cc(OCc3ccccc3)c21. The molecule has 1 fully saturated rings. The summed E-state index contributed by atoms with van der Waals surface area (Å²) in [4.78, 5) is 12.1. The maximum atomic E-state index is 12.1. The number of carbonyl (C=O) groups is 1. The van der Waals surface area contributed by atoms with E-state index in [1.807, 2.05) is 30.3 Å². The van der Waals surface area contributed by atoms with Gasteiger partial charge < -0.3 is 28.6 Å². The number of rotatable bonds is 8. The molecule has 4 rings (SSSR count). The first-order chi connectivity index (χ1) is 15.1. The Hall–Kier alpha value is -2.55. The van der Waals surface area contributed by atoms with Crippen LogP contribution in [-0.2, 0) is 25.5 Å². The summed E-state index contributed by atoms with van der Waals surface area (Å²) in [6, 6.07) is 13.3. The van der Waals surface area contributed by atoms with E-state index in [4.69, 9.17) is 23.6 Å². The summed E-state index contributed by atoms with van der Waals surface area (Å²) < 4.78 is 28.6. The number of benzene rings is 2. The highest BCUT2D eigenvalue weighted by Crippen LogP contribution is 2.38. The highest BCUT2D eigenvalue weighted by Gasteiger charge is 2.40. The van der Waals surface area contributed by atoms with E-state index in [0.717, 1.165) is 24.8 Å². The fourth-order valence-corrected chi connectivity index (χ4v) is 3.87. The van der Waals surface area contributed by atoms with Crippen molar-refractivity contribution in [3.05, 3.63) is 53.6 Å². The molecule has 2 unspecified atom stereocenters. The fraction of sp³-hybridized carbons (Fsp3) is 0.435. The maximum Gasteiger partial charge on any atom is 0.492 e. The second kappa shape index (κ2) is 10.2. The summed E-state index contributed by atoms with van der Waals surface area (Å²) in [5, 5.41) is 10.5. The molecule has 2 aromatic carbocycles. The van der Waals surface area contributed by atoms with Crippen LogP contribution in [0.25, 0.3) is 0 Å². The van der Waals surface area contributed by atoms with Gasteiger partial charge in [-0.1, -0.05) is 30.3 Å². The predicted octanol–water partition coefficient (Wildman–Crippen LogP) is 2.88. The monoisotopic (exact) mass is 426 g/mol. The van der Waals surface area contributed by atoms with Crippen molar-refractivity contribution in [2.45, 2.75) is 51.6 Å². The molecule has 1 saturated heterocycles. The second-order valence-electron chi connectivity index (χ2n) is 7.60. The molecule has 0 radical (unpaired) electrons. The molecule has 31 heavy (non-hydrogen) atoms. The van der Waals surface area contributed by atoms with E-state index in [1.165, 1.54) is 0 Å². The molecule has 1 N–H and O–H groups in total. The first-order valence-electron chi connectivity index (χ1n) is 10.8. The smallest absolute Gasteiger partial charge is 0.488 e. The molecule has 164 valence electrons. The van der Waals surface area contributed by atoms with Crippen molar-refractivity contribution in [2.24, 2.45) is 0 Å². The molecule has 0 aliphatic carbocycles. The second-order valence-corrected chi connectivity index (χ2v) is 7.60. The van der Waals surface area contributed by atoms with Crippen molar-refractivity contribution in [3.8, 4) is 11.5 Å². The van der Waals surface area contributed by atoms with Gasteiger partial charge in [0.15, 0.2) is 6.29 Å². The van der Waals surface area contributed by atoms with Crippen molar-refractivity contribution in [2.75, 3.05) is 13.2 Å². The van der Waals surface area contributed by atoms with Crippen molar-refractivity contribution < 1.29 is 33.4 Å². The van der Waals surface area contributed by atoms with Crippen LogP contribution >= 0.6 is 0 Å². The van der Waals surface area contributed by atoms with E-state index in [-0.39, 0.29) is 19.3 Å². The quantitative estimate of drug-likeness (QED) is 0.514. The van der Waals surface area contributed by atoms with Gasteiger partial charge in [0.05, 0.1) is 25.7 Å². The first kappa shape index (κ1) is 21.7. The maximum absolute atomic E-state index is 12.1. The zero-order valence-electron chi connectivity index (χ0n) is 17.6. The molecule has 0 amide bonds. The molecule has 2 aliphatic rings. The number of hydrogen-bond acceptors (Lipinski definition) is 7. The molecule has 0 aromatic heterocycles. The van der Waals surface area contributed by atoms with E-state index in [0.29, 0.717) is 35.7 Å². The zero-order valence-corrected chi connectivity index (χ0v) is 17.6. The minimum Gasteiger partial charge on any atom is -0.488 e. The first-order valence-corrected chi connectivity index (χ1v) is 10.8. The van der Waals surface area contributed by atoms with Crippen LogP contribution in [0.5, 0.6) is 11.5 Å². The largest absolute Gasteiger partial charge is 0.492 e. The Balaban J connectivity index is 1.61. The molecular weight excluding hydrogens is 399 g/mol. The third-order valence-electron chi connectivity index (χ3n) is 5.33. The number of esters is 1. The van der Waals surface area contributed by atoms with Gasteiger partial charge in [-0.15, -0.1) is 0 Å². The highest BCUT2D eigenvalue weighted by molar-refractivity contribution is 6.62. The molecule has 7 nitrogen and oxygen atoms in total. The summed E-state index contributed by atoms with van der Waals surface area (Å²) in [6.07, 6.45) is 1.88. The predicted molar refractivity (Wildman–Crippen MR) is 114 cm³/mol. The van der Waals surface area contributed by atoms with Gasteiger partial charge in [-0.05, 0) is 36.9 Å². The fourth-order valence-electron chi connectivity index (χ4n) is 3.87. The Morgan fingerprint density at radius 3 is 2.81 bits per heavy atom. The molecule has 8 heteroatoms. The van der Waals surface area contributed by atoms with Crippen LogP contribution in [0.15, 0.2) is 42.5 Å². The Morgan fingerprint density at radius 2 is 2.06 bits per heavy atom. The van der Waals surface area contributed by atoms with Gasteiger partial charge in [-0.3, -0.25) is 4.79 Å². The van der Waals surface area contributed by atoms with Crippen LogP contribution in [0.4, 0.5) is 0 Å². The molecule has 2 aromatic rings. The van der Waals surface area contributed by atoms with Gasteiger partial charge in [0.2, 0.25) is 0 Å². The third-order valence-corrected chi connectivity index (χ3v) is 5.33. The third kappa shape index (κ3) is 5.39. The minimum atomic E-state index is -1.18. The lowest BCUT2D eigenvalue weighted by molar-refractivity contribution is -0.145. The standard InChI is InChI=1S/C23H27BO7/c1-2-27-21(25)14-20-23-18(24(26)31-20)12-17(30-22-10-6-7-11-28-22)13-19(23)29-15-16-8-4-3-5-9-16/h3-5,8-9,12-13,20,22,26H,2,6-7,10-11,14-15H2,1H3. The molecule has 2 heterocycles. The Kier molecular flexibility index (Phi) is 7.12. The average Bonchev–Trinajstić information content (AvgIpc) is 3.09. The zero-order chi connectivity index (χ0) is 21.6. The van der Waals surface area contributed by atoms with Crippen LogP contribution in [-0.4, -0.2) is 37.6 Å². The van der Waals surface area contributed by atoms with Crippen LogP contribution in [0.3, 0.4) is 0 Å². The lowest BCUT2D eigenvalue weighted by Gasteiger charge is -2.24. The molecular formula is C23H27BO7. The van der Waals surface area contributed by atoms with E-state index in [2.05, 4.69) is 0 Å². The summed E-state index contributed by atoms with van der Waals surface area (Å²) in [6.45, 7) is 3.03. The summed E-state index contributed by atoms with van der Waals surface area (Å²) >= 11 is 0. The molecule has 0 spiro atoms. The Bertz CT molecular complexity index is 883. The summed E-state index contributed by atoms with van der Waals surface area (Å²) in [5.41, 5.74) is 2.18. The molecule has 2 atom stereocenters. The number of carbonyl (C=O) groups excluding carboxylic acids is 1. The molecule has 2 aliphatic heterocycles. The van der Waals surface area contributed by atoms with E-state index >= 15 is 0 Å². The van der Waals surface area contributed by atoms with Gasteiger partial charge >= 0.3 is 13.1 Å². The summed E-state index contributed by atoms with van der Waals surface area (Å²) in [7, 11) is -1.18. The number of hydrogen-bond donors (Lipinski definition) is 1. The number of fused-ring (bicyclic) bond motifs is 1. The van der Waals surface area contributed by atoms with Crippen LogP contribution < -0.4 is 14.9 Å². The lowest BCUT2D eigenvalue weighted by Crippen LogP contribution is -2.30. The van der Waals surface area contributed by atoms with Gasteiger partial charge in [0.1, 0.15) is 18.1 Å². The van der Waals surface area contributed by atoms with Gasteiger partial charge in [0.25, 0.3) is 0 Å². The normalized spacial score (nSPS) is 20.3. The molecule has 0 saturated carbocycles. The van der Waals surface area contributed by atoms with Gasteiger partial charge in [-0.25, -0.2) is 0 Å². The van der Waals surface area contributed by atoms with Crippen molar-refractivity contribution in [1.82, 2.24) is 0 Å². The van der Waals surface area contributed by atoms with E-state index in [9.17, 15) is 9.82 Å². The van der Waals surface area contributed by atoms with Crippen LogP contribution in [0.1, 0.15) is 49.8 Å². The Labute approximate surface area is 182 Å². The Morgan fingerprint density at radius 1 is 1.23 bits per heavy atom. The van der Waals surface area contributed by atoms with Crippen LogP contribution in [0.2, 0.25) is 0 Å². The highest BCUT2D eigenvalue weighted by atomic mass is 16.7. The van der Waals surface area contributed by atoms with Crippen molar-refractivity contribution >= 4 is 18.6 Å². The lowest BCUT2D eigenvalue weighted by atomic mass is 9.78. The van der Waals surface area contributed by atoms with Crippen LogP contribution in [0, 0.1) is 0 Å². The number of ether oxygens (including phenoxy) is 4. The van der Waals surface area contributed by atoms with Crippen molar-refractivity contribution in [1.29, 1.82) is 0 Å². The molecule has 0 bridgehead atoms. The average molecular weight is 426 g/mol. The van der Waals surface area contributed by atoms with Gasteiger partial charge in [0, 0.05) is 18.1 Å². The van der Waals surface area contributed by atoms with Gasteiger partial charge in [-0.2, -0.15) is 0 Å². The topological polar surface area (TPSA) is 83.5 Å². The van der Waals surface area contributed by atoms with Crippen molar-refractivity contribution in [3.63, 3.8) is 0 Å². The minimum absolute atomic E-state index is 0.00840. The van der Waals surface area contributed by atoms with E-state index < -0.39 is 19.2 Å². The van der Waals surface area contributed by atoms with E-state index in [1.54, 1.807) is 19.1 Å².